The summed E-state index contributed by atoms with van der Waals surface area (Å²) in [5, 5.41) is 1.78. The van der Waals surface area contributed by atoms with Gasteiger partial charge in [0, 0.05) is 17.6 Å². The molecule has 30 heavy (non-hydrogen) atoms. The Morgan fingerprint density at radius 3 is 2.60 bits per heavy atom. The molecule has 1 aromatic heterocycles. The number of nitrogens with two attached hydrogens (primary N) is 1. The lowest BCUT2D eigenvalue weighted by molar-refractivity contribution is 0.110. The number of nitrogens with one attached hydrogen (secondary N) is 1. The van der Waals surface area contributed by atoms with Crippen LogP contribution in [0.4, 0.5) is 4.39 Å². The van der Waals surface area contributed by atoms with Crippen LogP contribution in [0.5, 0.6) is 5.75 Å². The van der Waals surface area contributed by atoms with Gasteiger partial charge >= 0.3 is 0 Å². The van der Waals surface area contributed by atoms with Gasteiger partial charge in [0.25, 0.3) is 5.56 Å². The Kier molecular flexibility index (Phi) is 5.85. The van der Waals surface area contributed by atoms with Crippen molar-refractivity contribution in [2.75, 3.05) is 0 Å². The van der Waals surface area contributed by atoms with Crippen LogP contribution >= 0.6 is 11.6 Å². The number of rotatable bonds is 5. The molecule has 0 radical (unpaired) electrons. The van der Waals surface area contributed by atoms with Crippen molar-refractivity contribution in [2.24, 2.45) is 5.73 Å². The van der Waals surface area contributed by atoms with Crippen molar-refractivity contribution in [3.05, 3.63) is 75.4 Å². The number of H-pyrrole nitrogens is 1. The number of hydrogen-bond acceptors (Lipinski definition) is 3. The number of ether oxygens (including phenoxy) is 1. The van der Waals surface area contributed by atoms with Crippen LogP contribution in [0, 0.1) is 5.82 Å². The molecule has 1 aliphatic carbocycles. The van der Waals surface area contributed by atoms with Gasteiger partial charge in [-0.05, 0) is 85.7 Å². The van der Waals surface area contributed by atoms with E-state index in [-0.39, 0.29) is 28.9 Å². The normalized spacial score (nSPS) is 22.7. The van der Waals surface area contributed by atoms with E-state index in [0.29, 0.717) is 16.2 Å². The second-order valence-corrected chi connectivity index (χ2v) is 8.87. The highest BCUT2D eigenvalue weighted by atomic mass is 35.5. The third-order valence-electron chi connectivity index (χ3n) is 6.18. The number of fused-ring (bicyclic) bond motifs is 1. The minimum absolute atomic E-state index is 0.0311. The van der Waals surface area contributed by atoms with Crippen molar-refractivity contribution in [2.45, 2.75) is 56.6 Å². The Bertz CT molecular complexity index is 1090. The zero-order chi connectivity index (χ0) is 21.3. The van der Waals surface area contributed by atoms with E-state index in [2.05, 4.69) is 4.98 Å². The molecule has 1 atom stereocenters. The van der Waals surface area contributed by atoms with E-state index in [1.54, 1.807) is 12.3 Å². The fourth-order valence-electron chi connectivity index (χ4n) is 4.75. The lowest BCUT2D eigenvalue weighted by Gasteiger charge is -2.42. The number of hydrogen-bond donors (Lipinski definition) is 2. The fourth-order valence-corrected chi connectivity index (χ4v) is 4.96. The third kappa shape index (κ3) is 4.23. The van der Waals surface area contributed by atoms with E-state index in [1.165, 1.54) is 12.1 Å². The summed E-state index contributed by atoms with van der Waals surface area (Å²) < 4.78 is 19.7. The van der Waals surface area contributed by atoms with Gasteiger partial charge in [-0.1, -0.05) is 23.7 Å². The molecule has 6 heteroatoms. The lowest BCUT2D eigenvalue weighted by Crippen LogP contribution is -2.39. The van der Waals surface area contributed by atoms with Gasteiger partial charge in [-0.25, -0.2) is 4.39 Å². The number of halogens is 2. The quantitative estimate of drug-likeness (QED) is 0.578. The Hall–Kier alpha value is -2.37. The van der Waals surface area contributed by atoms with E-state index in [0.717, 1.165) is 43.1 Å². The molecule has 158 valence electrons. The SMILES string of the molecule is CC(N)C[C@]1(c2ccc(F)cc2)CC[C@@H](Oc2cc3cc[nH]c(=O)c3cc2Cl)CC1. The molecule has 0 bridgehead atoms. The zero-order valence-corrected chi connectivity index (χ0v) is 17.7. The second kappa shape index (κ2) is 8.40. The summed E-state index contributed by atoms with van der Waals surface area (Å²) in [7, 11) is 0. The molecule has 0 amide bonds. The van der Waals surface area contributed by atoms with Crippen molar-refractivity contribution in [1.29, 1.82) is 0 Å². The predicted molar refractivity (Wildman–Crippen MR) is 119 cm³/mol. The van der Waals surface area contributed by atoms with Crippen LogP contribution in [-0.2, 0) is 5.41 Å². The summed E-state index contributed by atoms with van der Waals surface area (Å²) >= 11 is 6.40. The van der Waals surface area contributed by atoms with Gasteiger partial charge in [-0.2, -0.15) is 0 Å². The van der Waals surface area contributed by atoms with Crippen molar-refractivity contribution in [3.63, 3.8) is 0 Å². The minimum Gasteiger partial charge on any atom is -0.489 e. The van der Waals surface area contributed by atoms with Gasteiger partial charge in [-0.3, -0.25) is 4.79 Å². The third-order valence-corrected chi connectivity index (χ3v) is 6.47. The largest absolute Gasteiger partial charge is 0.489 e. The maximum atomic E-state index is 13.4. The average Bonchev–Trinajstić information content (AvgIpc) is 2.71. The molecule has 4 rings (SSSR count). The Morgan fingerprint density at radius 1 is 1.23 bits per heavy atom. The molecule has 3 N–H and O–H groups in total. The van der Waals surface area contributed by atoms with Crippen LogP contribution < -0.4 is 16.0 Å². The molecule has 0 aliphatic heterocycles. The molecule has 1 fully saturated rings. The minimum atomic E-state index is -0.225. The number of benzene rings is 2. The lowest BCUT2D eigenvalue weighted by atomic mass is 9.65. The van der Waals surface area contributed by atoms with Crippen molar-refractivity contribution in [1.82, 2.24) is 4.98 Å². The molecule has 0 spiro atoms. The summed E-state index contributed by atoms with van der Waals surface area (Å²) in [6, 6.07) is 12.2. The van der Waals surface area contributed by atoms with Crippen molar-refractivity contribution in [3.8, 4) is 5.75 Å². The molecule has 1 heterocycles. The predicted octanol–water partition coefficient (Wildman–Crippen LogP) is 5.32. The molecular weight excluding hydrogens is 403 g/mol. The van der Waals surface area contributed by atoms with Gasteiger partial charge < -0.3 is 15.5 Å². The number of pyridine rings is 1. The van der Waals surface area contributed by atoms with Gasteiger partial charge in [0.2, 0.25) is 0 Å². The molecule has 1 aliphatic rings. The second-order valence-electron chi connectivity index (χ2n) is 8.46. The van der Waals surface area contributed by atoms with Crippen LogP contribution in [-0.4, -0.2) is 17.1 Å². The zero-order valence-electron chi connectivity index (χ0n) is 17.0. The summed E-state index contributed by atoms with van der Waals surface area (Å²) in [5.41, 5.74) is 7.07. The number of aromatic nitrogens is 1. The molecular formula is C24H26ClFN2O2. The van der Waals surface area contributed by atoms with Gasteiger partial charge in [-0.15, -0.1) is 0 Å². The summed E-state index contributed by atoms with van der Waals surface area (Å²) in [6.45, 7) is 2.02. The Morgan fingerprint density at radius 2 is 1.93 bits per heavy atom. The van der Waals surface area contributed by atoms with Crippen LogP contribution in [0.15, 0.2) is 53.5 Å². The van der Waals surface area contributed by atoms with Crippen LogP contribution in [0.25, 0.3) is 10.8 Å². The summed E-state index contributed by atoms with van der Waals surface area (Å²) in [6.07, 6.45) is 6.04. The molecule has 2 aromatic carbocycles. The summed E-state index contributed by atoms with van der Waals surface area (Å²) in [5.74, 6) is 0.373. The molecule has 0 saturated heterocycles. The van der Waals surface area contributed by atoms with Crippen molar-refractivity contribution < 1.29 is 9.13 Å². The van der Waals surface area contributed by atoms with Crippen molar-refractivity contribution >= 4 is 22.4 Å². The Balaban J connectivity index is 1.53. The smallest absolute Gasteiger partial charge is 0.255 e. The first-order chi connectivity index (χ1) is 14.4. The van der Waals surface area contributed by atoms with E-state index in [1.807, 2.05) is 31.2 Å². The Labute approximate surface area is 180 Å². The maximum absolute atomic E-state index is 13.4. The highest BCUT2D eigenvalue weighted by Crippen LogP contribution is 2.44. The number of aromatic amines is 1. The summed E-state index contributed by atoms with van der Waals surface area (Å²) in [4.78, 5) is 14.6. The van der Waals surface area contributed by atoms with E-state index < -0.39 is 0 Å². The van der Waals surface area contributed by atoms with E-state index in [9.17, 15) is 9.18 Å². The fraction of sp³-hybridized carbons (Fsp3) is 0.375. The standard InChI is InChI=1S/C24H26ClFN2O2/c1-15(27)14-24(17-2-4-18(26)5-3-17)9-6-19(7-10-24)30-22-12-16-8-11-28-23(29)20(16)13-21(22)25/h2-5,8,11-13,15,19H,6-7,9-10,14,27H2,1H3,(H,28,29)/t15?,19-,24+. The first kappa shape index (κ1) is 20.9. The molecule has 4 nitrogen and oxygen atoms in total. The van der Waals surface area contributed by atoms with Crippen LogP contribution in [0.3, 0.4) is 0 Å². The van der Waals surface area contributed by atoms with Crippen LogP contribution in [0.1, 0.15) is 44.6 Å². The highest BCUT2D eigenvalue weighted by Gasteiger charge is 2.38. The highest BCUT2D eigenvalue weighted by molar-refractivity contribution is 6.32. The van der Waals surface area contributed by atoms with E-state index in [4.69, 9.17) is 22.1 Å². The molecule has 1 saturated carbocycles. The first-order valence-corrected chi connectivity index (χ1v) is 10.7. The average molecular weight is 429 g/mol. The van der Waals surface area contributed by atoms with E-state index >= 15 is 0 Å². The van der Waals surface area contributed by atoms with Gasteiger partial charge in [0.1, 0.15) is 11.6 Å². The molecule has 1 unspecified atom stereocenters. The van der Waals surface area contributed by atoms with Gasteiger partial charge in [0.05, 0.1) is 11.1 Å². The molecule has 3 aromatic rings. The topological polar surface area (TPSA) is 68.1 Å². The van der Waals surface area contributed by atoms with Gasteiger partial charge in [0.15, 0.2) is 0 Å². The maximum Gasteiger partial charge on any atom is 0.255 e. The van der Waals surface area contributed by atoms with Crippen LogP contribution in [0.2, 0.25) is 5.02 Å². The monoisotopic (exact) mass is 428 g/mol. The first-order valence-electron chi connectivity index (χ1n) is 10.4.